The summed E-state index contributed by atoms with van der Waals surface area (Å²) in [5, 5.41) is 0. The molecular formula is C47H31BF24N2O. The van der Waals surface area contributed by atoms with E-state index in [0.717, 1.165) is 12.3 Å². The van der Waals surface area contributed by atoms with Crippen molar-refractivity contribution in [3.63, 3.8) is 0 Å². The van der Waals surface area contributed by atoms with Gasteiger partial charge in [-0.1, -0.05) is 48.5 Å². The third-order valence-corrected chi connectivity index (χ3v) is 10.8. The molecule has 0 aliphatic rings. The lowest BCUT2D eigenvalue weighted by Gasteiger charge is -2.46. The summed E-state index contributed by atoms with van der Waals surface area (Å²) >= 11 is 0. The Kier molecular flexibility index (Phi) is 15.9. The van der Waals surface area contributed by atoms with Crippen LogP contribution in [0, 0.1) is 0 Å². The highest BCUT2D eigenvalue weighted by Gasteiger charge is 2.47. The second kappa shape index (κ2) is 20.1. The molecule has 0 saturated heterocycles. The molecule has 0 aliphatic heterocycles. The predicted molar refractivity (Wildman–Crippen MR) is 220 cm³/mol. The second-order valence-corrected chi connectivity index (χ2v) is 17.5. The fraction of sp³-hybridized carbons (Fsp3) is 0.277. The number of ether oxygens (including phenoxy) is 1. The van der Waals surface area contributed by atoms with Gasteiger partial charge in [0.05, 0.1) is 56.9 Å². The van der Waals surface area contributed by atoms with Crippen LogP contribution >= 0.6 is 0 Å². The summed E-state index contributed by atoms with van der Waals surface area (Å²) < 4.78 is 349. The number of alkyl halides is 24. The fourth-order valence-corrected chi connectivity index (χ4v) is 7.75. The van der Waals surface area contributed by atoms with E-state index in [2.05, 4.69) is 21.7 Å². The third kappa shape index (κ3) is 14.6. The summed E-state index contributed by atoms with van der Waals surface area (Å²) in [4.78, 5) is 4.00. The number of rotatable bonds is 7. The topological polar surface area (TPSA) is 26.0 Å². The van der Waals surface area contributed by atoms with E-state index in [1.54, 1.807) is 12.4 Å². The maximum Gasteiger partial charge on any atom is 0.416 e. The molecule has 0 radical (unpaired) electrons. The first-order valence-corrected chi connectivity index (χ1v) is 20.7. The monoisotopic (exact) mass is 1110 g/mol. The van der Waals surface area contributed by atoms with Crippen molar-refractivity contribution >= 4 is 28.0 Å². The molecule has 5 aromatic carbocycles. The molecule has 0 spiro atoms. The number of hydrogen-bond donors (Lipinski definition) is 0. The molecule has 6 rings (SSSR count). The highest BCUT2D eigenvalue weighted by atomic mass is 19.4. The van der Waals surface area contributed by atoms with Gasteiger partial charge in [0.1, 0.15) is 17.5 Å². The van der Waals surface area contributed by atoms with Crippen molar-refractivity contribution < 1.29 is 115 Å². The van der Waals surface area contributed by atoms with E-state index in [0.29, 0.717) is 0 Å². The van der Waals surface area contributed by atoms with Gasteiger partial charge in [-0.05, 0) is 69.3 Å². The predicted octanol–water partition coefficient (Wildman–Crippen LogP) is 13.8. The third-order valence-electron chi connectivity index (χ3n) is 10.8. The second-order valence-electron chi connectivity index (χ2n) is 17.5. The van der Waals surface area contributed by atoms with Crippen molar-refractivity contribution in [2.75, 3.05) is 0 Å². The Morgan fingerprint density at radius 2 is 0.587 bits per heavy atom. The molecule has 406 valence electrons. The van der Waals surface area contributed by atoms with Crippen LogP contribution in [0.3, 0.4) is 0 Å². The molecule has 0 aliphatic carbocycles. The summed E-state index contributed by atoms with van der Waals surface area (Å²) in [5.74, 6) is 0.908. The Morgan fingerprint density at radius 1 is 0.360 bits per heavy atom. The minimum absolute atomic E-state index is 0.151. The highest BCUT2D eigenvalue weighted by Crippen LogP contribution is 2.41. The van der Waals surface area contributed by atoms with Gasteiger partial charge in [0.25, 0.3) is 0 Å². The lowest BCUT2D eigenvalue weighted by atomic mass is 9.12. The highest BCUT2D eigenvalue weighted by molar-refractivity contribution is 7.20. The first-order chi connectivity index (χ1) is 33.8. The Labute approximate surface area is 407 Å². The lowest BCUT2D eigenvalue weighted by molar-refractivity contribution is -0.688. The van der Waals surface area contributed by atoms with Crippen LogP contribution in [0.1, 0.15) is 70.8 Å². The first kappa shape index (κ1) is 59.2. The standard InChI is InChI=1S/C32H12BF24.C15H19N2O/c34-25(35,36)13-1-14(26(37,38)39)6-21(5-13)33(22-7-15(27(40,41)42)2-16(8-22)28(43,44)45,23-9-17(29(46,47)48)3-18(10-23)30(49,50)51)24-11-19(31(52,53)54)4-20(12-24)32(55,56)57;1-15(2,3)18-14-6-4-13(5-7-14)12-17-10-8-16-9-11-17/h1-12H;4-11H,12H2,1-3H3/q-1;+1. The molecule has 0 unspecified atom stereocenters. The normalized spacial score (nSPS) is 13.6. The van der Waals surface area contributed by atoms with Crippen LogP contribution in [0.2, 0.25) is 0 Å². The molecule has 0 saturated carbocycles. The summed E-state index contributed by atoms with van der Waals surface area (Å²) in [7, 11) is 0. The Bertz CT molecular complexity index is 2520. The Balaban J connectivity index is 0.000000483. The van der Waals surface area contributed by atoms with Crippen LogP contribution in [-0.4, -0.2) is 16.7 Å². The van der Waals surface area contributed by atoms with Crippen molar-refractivity contribution in [1.82, 2.24) is 4.98 Å². The van der Waals surface area contributed by atoms with Gasteiger partial charge in [-0.25, -0.2) is 0 Å². The molecule has 1 aromatic heterocycles. The van der Waals surface area contributed by atoms with Crippen molar-refractivity contribution in [2.45, 2.75) is 82.3 Å². The molecule has 75 heavy (non-hydrogen) atoms. The van der Waals surface area contributed by atoms with Crippen LogP contribution in [0.25, 0.3) is 0 Å². The van der Waals surface area contributed by atoms with Gasteiger partial charge in [0.15, 0.2) is 18.9 Å². The number of benzene rings is 5. The zero-order chi connectivity index (χ0) is 56.9. The fourth-order valence-electron chi connectivity index (χ4n) is 7.75. The van der Waals surface area contributed by atoms with Crippen molar-refractivity contribution in [3.8, 4) is 5.75 Å². The van der Waals surface area contributed by atoms with Crippen LogP contribution < -0.4 is 31.2 Å². The largest absolute Gasteiger partial charge is 0.488 e. The van der Waals surface area contributed by atoms with E-state index in [1.807, 2.05) is 45.3 Å². The van der Waals surface area contributed by atoms with E-state index in [4.69, 9.17) is 4.74 Å². The molecule has 0 amide bonds. The summed E-state index contributed by atoms with van der Waals surface area (Å²) in [6.07, 6.45) is -47.3. The van der Waals surface area contributed by atoms with Crippen LogP contribution in [0.5, 0.6) is 5.75 Å². The first-order valence-electron chi connectivity index (χ1n) is 20.7. The molecule has 0 bridgehead atoms. The number of hydrogen-bond acceptors (Lipinski definition) is 2. The van der Waals surface area contributed by atoms with Crippen LogP contribution in [-0.2, 0) is 56.0 Å². The molecule has 0 atom stereocenters. The van der Waals surface area contributed by atoms with E-state index in [1.165, 1.54) is 5.56 Å². The molecule has 3 nitrogen and oxygen atoms in total. The zero-order valence-corrected chi connectivity index (χ0v) is 37.7. The number of aromatic nitrogens is 2. The van der Waals surface area contributed by atoms with Gasteiger partial charge in [-0.2, -0.15) is 132 Å². The minimum atomic E-state index is -6.13. The van der Waals surface area contributed by atoms with Gasteiger partial charge < -0.3 is 4.74 Å². The van der Waals surface area contributed by atoms with Gasteiger partial charge in [-0.15, -0.1) is 0 Å². The van der Waals surface area contributed by atoms with Crippen molar-refractivity contribution in [3.05, 3.63) is 172 Å². The molecule has 6 aromatic rings. The maximum absolute atomic E-state index is 14.2. The summed E-state index contributed by atoms with van der Waals surface area (Å²) in [6, 6.07) is -0.594. The van der Waals surface area contributed by atoms with Gasteiger partial charge in [-0.3, -0.25) is 4.98 Å². The van der Waals surface area contributed by atoms with Crippen LogP contribution in [0.4, 0.5) is 105 Å². The van der Waals surface area contributed by atoms with Gasteiger partial charge in [0.2, 0.25) is 0 Å². The van der Waals surface area contributed by atoms with E-state index < -0.39 is 195 Å². The van der Waals surface area contributed by atoms with Crippen molar-refractivity contribution in [1.29, 1.82) is 0 Å². The number of halogens is 24. The lowest BCUT2D eigenvalue weighted by Crippen LogP contribution is -2.75. The molecule has 28 heteroatoms. The number of nitrogens with zero attached hydrogens (tertiary/aromatic N) is 2. The Hall–Kier alpha value is -6.64. The summed E-state index contributed by atoms with van der Waals surface area (Å²) in [5.41, 5.74) is -29.1. The average Bonchev–Trinajstić information content (AvgIpc) is 3.25. The van der Waals surface area contributed by atoms with Gasteiger partial charge >= 0.3 is 49.4 Å². The zero-order valence-electron chi connectivity index (χ0n) is 37.7. The van der Waals surface area contributed by atoms with E-state index in [9.17, 15) is 105 Å². The minimum Gasteiger partial charge on any atom is -0.488 e. The smallest absolute Gasteiger partial charge is 0.416 e. The van der Waals surface area contributed by atoms with Gasteiger partial charge in [0, 0.05) is 5.56 Å². The molecule has 0 N–H and O–H groups in total. The van der Waals surface area contributed by atoms with E-state index in [-0.39, 0.29) is 5.60 Å². The molecular weight excluding hydrogens is 1080 g/mol. The Morgan fingerprint density at radius 3 is 0.787 bits per heavy atom. The average molecular weight is 1110 g/mol. The SMILES string of the molecule is CC(C)(C)Oc1ccc(C[n+]2ccncc2)cc1.FC(F)(F)c1cc([B-](c2cc(C(F)(F)F)cc(C(F)(F)F)c2)(c2cc(C(F)(F)F)cc(C(F)(F)F)c2)c2cc(C(F)(F)F)cc(C(F)(F)F)c2)cc(C(F)(F)F)c1. The molecule has 0 fully saturated rings. The van der Waals surface area contributed by atoms with Crippen LogP contribution in [0.15, 0.2) is 122 Å². The van der Waals surface area contributed by atoms with Crippen molar-refractivity contribution in [2.24, 2.45) is 0 Å². The summed E-state index contributed by atoms with van der Waals surface area (Å²) in [6.45, 7) is 6.99. The quantitative estimate of drug-likeness (QED) is 0.0905. The van der Waals surface area contributed by atoms with E-state index >= 15 is 0 Å². The maximum atomic E-state index is 14.2. The molecule has 1 heterocycles.